The highest BCUT2D eigenvalue weighted by atomic mass is 35.5. The van der Waals surface area contributed by atoms with Crippen molar-refractivity contribution < 1.29 is 4.74 Å². The predicted molar refractivity (Wildman–Crippen MR) is 96.2 cm³/mol. The SMILES string of the molecule is C[C@H](O[C@H]1CCCN[C@H]1c1ccccc1)c1cc(Cl)cc(Cl)c1. The molecule has 1 saturated heterocycles. The zero-order valence-electron chi connectivity index (χ0n) is 13.1. The quantitative estimate of drug-likeness (QED) is 0.779. The van der Waals surface area contributed by atoms with Crippen LogP contribution >= 0.6 is 23.2 Å². The molecule has 0 amide bonds. The van der Waals surface area contributed by atoms with E-state index >= 15 is 0 Å². The fourth-order valence-electron chi connectivity index (χ4n) is 3.15. The summed E-state index contributed by atoms with van der Waals surface area (Å²) in [6.45, 7) is 3.08. The fourth-order valence-corrected chi connectivity index (χ4v) is 3.69. The van der Waals surface area contributed by atoms with Crippen LogP contribution in [0.1, 0.15) is 43.0 Å². The zero-order valence-corrected chi connectivity index (χ0v) is 14.6. The van der Waals surface area contributed by atoms with E-state index in [1.807, 2.05) is 18.2 Å². The Morgan fingerprint density at radius 2 is 1.78 bits per heavy atom. The topological polar surface area (TPSA) is 21.3 Å². The van der Waals surface area contributed by atoms with E-state index in [0.717, 1.165) is 24.9 Å². The Hall–Kier alpha value is -1.06. The molecule has 1 aliphatic rings. The maximum Gasteiger partial charge on any atom is 0.0802 e. The molecule has 2 aromatic rings. The van der Waals surface area contributed by atoms with Crippen molar-refractivity contribution in [2.24, 2.45) is 0 Å². The molecule has 1 heterocycles. The summed E-state index contributed by atoms with van der Waals surface area (Å²) >= 11 is 12.2. The smallest absolute Gasteiger partial charge is 0.0802 e. The monoisotopic (exact) mass is 349 g/mol. The molecular weight excluding hydrogens is 329 g/mol. The van der Waals surface area contributed by atoms with Crippen LogP contribution in [0.4, 0.5) is 0 Å². The van der Waals surface area contributed by atoms with Gasteiger partial charge >= 0.3 is 0 Å². The second-order valence-corrected chi connectivity index (χ2v) is 6.88. The summed E-state index contributed by atoms with van der Waals surface area (Å²) in [5.41, 5.74) is 2.29. The number of rotatable bonds is 4. The van der Waals surface area contributed by atoms with E-state index in [9.17, 15) is 0 Å². The minimum absolute atomic E-state index is 0.0534. The molecule has 2 nitrogen and oxygen atoms in total. The molecule has 0 unspecified atom stereocenters. The molecule has 1 aliphatic heterocycles. The Kier molecular flexibility index (Phi) is 5.60. The minimum Gasteiger partial charge on any atom is -0.369 e. The van der Waals surface area contributed by atoms with E-state index in [1.165, 1.54) is 5.56 Å². The van der Waals surface area contributed by atoms with Crippen molar-refractivity contribution in [2.45, 2.75) is 38.0 Å². The van der Waals surface area contributed by atoms with Crippen LogP contribution in [0.25, 0.3) is 0 Å². The molecule has 2 aromatic carbocycles. The Balaban J connectivity index is 1.76. The van der Waals surface area contributed by atoms with Gasteiger partial charge in [-0.15, -0.1) is 0 Å². The molecule has 0 bridgehead atoms. The molecule has 3 atom stereocenters. The van der Waals surface area contributed by atoms with Crippen LogP contribution < -0.4 is 5.32 Å². The normalized spacial score (nSPS) is 22.7. The van der Waals surface area contributed by atoms with Gasteiger partial charge in [0.15, 0.2) is 0 Å². The van der Waals surface area contributed by atoms with E-state index in [-0.39, 0.29) is 18.2 Å². The van der Waals surface area contributed by atoms with E-state index in [0.29, 0.717) is 10.0 Å². The summed E-state index contributed by atoms with van der Waals surface area (Å²) in [4.78, 5) is 0. The molecule has 3 rings (SSSR count). The van der Waals surface area contributed by atoms with Gasteiger partial charge in [-0.2, -0.15) is 0 Å². The van der Waals surface area contributed by atoms with Crippen molar-refractivity contribution in [1.82, 2.24) is 5.32 Å². The first-order valence-corrected chi connectivity index (χ1v) is 8.79. The number of benzene rings is 2. The van der Waals surface area contributed by atoms with Gasteiger partial charge in [-0.25, -0.2) is 0 Å². The summed E-state index contributed by atoms with van der Waals surface area (Å²) in [6.07, 6.45) is 2.25. The fraction of sp³-hybridized carbons (Fsp3) is 0.368. The number of halogens is 2. The van der Waals surface area contributed by atoms with Gasteiger partial charge in [-0.3, -0.25) is 0 Å². The lowest BCUT2D eigenvalue weighted by molar-refractivity contribution is -0.0392. The lowest BCUT2D eigenvalue weighted by Crippen LogP contribution is -2.39. The van der Waals surface area contributed by atoms with Crippen LogP contribution in [0, 0.1) is 0 Å². The van der Waals surface area contributed by atoms with Crippen molar-refractivity contribution >= 4 is 23.2 Å². The van der Waals surface area contributed by atoms with Gasteiger partial charge in [-0.1, -0.05) is 53.5 Å². The molecule has 1 N–H and O–H groups in total. The first-order chi connectivity index (χ1) is 11.1. The highest BCUT2D eigenvalue weighted by Crippen LogP contribution is 2.32. The molecule has 23 heavy (non-hydrogen) atoms. The Labute approximate surface area is 147 Å². The first-order valence-electron chi connectivity index (χ1n) is 8.03. The molecule has 122 valence electrons. The van der Waals surface area contributed by atoms with Gasteiger partial charge in [0, 0.05) is 10.0 Å². The number of hydrogen-bond acceptors (Lipinski definition) is 2. The van der Waals surface area contributed by atoms with Gasteiger partial charge in [0.05, 0.1) is 18.2 Å². The summed E-state index contributed by atoms with van der Waals surface area (Å²) in [7, 11) is 0. The minimum atomic E-state index is -0.0534. The van der Waals surface area contributed by atoms with Crippen LogP contribution in [0.5, 0.6) is 0 Å². The second-order valence-electron chi connectivity index (χ2n) is 6.00. The third-order valence-electron chi connectivity index (χ3n) is 4.29. The lowest BCUT2D eigenvalue weighted by atomic mass is 9.94. The van der Waals surface area contributed by atoms with Crippen molar-refractivity contribution in [3.05, 3.63) is 69.7 Å². The Bertz CT molecular complexity index is 627. The average Bonchev–Trinajstić information content (AvgIpc) is 2.55. The zero-order chi connectivity index (χ0) is 16.2. The van der Waals surface area contributed by atoms with E-state index in [1.54, 1.807) is 6.07 Å². The van der Waals surface area contributed by atoms with Crippen molar-refractivity contribution in [2.75, 3.05) is 6.54 Å². The summed E-state index contributed by atoms with van der Waals surface area (Å²) < 4.78 is 6.37. The second kappa shape index (κ2) is 7.67. The third kappa shape index (κ3) is 4.27. The highest BCUT2D eigenvalue weighted by molar-refractivity contribution is 6.34. The molecule has 1 fully saturated rings. The average molecular weight is 350 g/mol. The van der Waals surface area contributed by atoms with Gasteiger partial charge in [0.2, 0.25) is 0 Å². The van der Waals surface area contributed by atoms with Gasteiger partial charge in [0.1, 0.15) is 0 Å². The third-order valence-corrected chi connectivity index (χ3v) is 4.73. The van der Waals surface area contributed by atoms with Crippen LogP contribution in [0.15, 0.2) is 48.5 Å². The first kappa shape index (κ1) is 16.8. The van der Waals surface area contributed by atoms with Crippen LogP contribution in [0.3, 0.4) is 0 Å². The Morgan fingerprint density at radius 3 is 2.48 bits per heavy atom. The summed E-state index contributed by atoms with van der Waals surface area (Å²) in [5.74, 6) is 0. The number of hydrogen-bond donors (Lipinski definition) is 1. The van der Waals surface area contributed by atoms with Gasteiger partial charge in [-0.05, 0) is 55.6 Å². The van der Waals surface area contributed by atoms with E-state index in [4.69, 9.17) is 27.9 Å². The molecule has 0 radical (unpaired) electrons. The van der Waals surface area contributed by atoms with Crippen molar-refractivity contribution in [1.29, 1.82) is 0 Å². The standard InChI is InChI=1S/C19H21Cl2NO/c1-13(15-10-16(20)12-17(21)11-15)23-18-8-5-9-22-19(18)14-6-3-2-4-7-14/h2-4,6-7,10-13,18-19,22H,5,8-9H2,1H3/t13-,18-,19-/m0/s1. The van der Waals surface area contributed by atoms with Crippen LogP contribution in [-0.2, 0) is 4.74 Å². The summed E-state index contributed by atoms with van der Waals surface area (Å²) in [6, 6.07) is 16.3. The van der Waals surface area contributed by atoms with E-state index in [2.05, 4.69) is 36.5 Å². The number of nitrogens with one attached hydrogen (secondary N) is 1. The number of piperidine rings is 1. The Morgan fingerprint density at radius 1 is 1.09 bits per heavy atom. The van der Waals surface area contributed by atoms with Crippen molar-refractivity contribution in [3.8, 4) is 0 Å². The molecule has 0 aromatic heterocycles. The maximum atomic E-state index is 6.37. The summed E-state index contributed by atoms with van der Waals surface area (Å²) in [5, 5.41) is 4.87. The van der Waals surface area contributed by atoms with Gasteiger partial charge < -0.3 is 10.1 Å². The lowest BCUT2D eigenvalue weighted by Gasteiger charge is -2.35. The maximum absolute atomic E-state index is 6.37. The number of ether oxygens (including phenoxy) is 1. The molecule has 0 saturated carbocycles. The molecule has 0 aliphatic carbocycles. The largest absolute Gasteiger partial charge is 0.369 e. The van der Waals surface area contributed by atoms with Crippen LogP contribution in [-0.4, -0.2) is 12.6 Å². The molecular formula is C19H21Cl2NO. The van der Waals surface area contributed by atoms with Crippen LogP contribution in [0.2, 0.25) is 10.0 Å². The highest BCUT2D eigenvalue weighted by Gasteiger charge is 2.28. The van der Waals surface area contributed by atoms with Gasteiger partial charge in [0.25, 0.3) is 0 Å². The van der Waals surface area contributed by atoms with Crippen molar-refractivity contribution in [3.63, 3.8) is 0 Å². The van der Waals surface area contributed by atoms with E-state index < -0.39 is 0 Å². The predicted octanol–water partition coefficient (Wildman–Crippen LogP) is 5.56. The molecule has 4 heteroatoms. The molecule has 0 spiro atoms.